The molecule has 1 aliphatic rings. The van der Waals surface area contributed by atoms with Crippen LogP contribution in [0, 0.1) is 11.3 Å². The van der Waals surface area contributed by atoms with Gasteiger partial charge in [-0.05, 0) is 19.9 Å². The van der Waals surface area contributed by atoms with E-state index in [-0.39, 0.29) is 5.78 Å². The average molecular weight is 353 g/mol. The molecule has 0 saturated heterocycles. The molecule has 0 N–H and O–H groups in total. The van der Waals surface area contributed by atoms with Crippen molar-refractivity contribution in [3.05, 3.63) is 40.7 Å². The molecule has 1 heterocycles. The highest BCUT2D eigenvalue weighted by atomic mass is 32.1. The van der Waals surface area contributed by atoms with Crippen LogP contribution < -0.4 is 0 Å². The molecule has 4 nitrogen and oxygen atoms in total. The number of likely N-dealkylation sites (N-methyl/N-ethyl adjacent to an activating group) is 1. The number of rotatable bonds is 6. The molecule has 1 saturated carbocycles. The Kier molecular flexibility index (Phi) is 5.95. The first kappa shape index (κ1) is 17.8. The molecule has 1 aromatic carbocycles. The number of ketones is 1. The first-order valence-corrected chi connectivity index (χ1v) is 9.70. The van der Waals surface area contributed by atoms with Gasteiger partial charge in [-0.15, -0.1) is 11.3 Å². The Labute approximate surface area is 153 Å². The maximum Gasteiger partial charge on any atom is 0.170 e. The van der Waals surface area contributed by atoms with Crippen LogP contribution in [0.15, 0.2) is 35.7 Å². The van der Waals surface area contributed by atoms with E-state index in [4.69, 9.17) is 0 Å². The predicted molar refractivity (Wildman–Crippen MR) is 100 cm³/mol. The van der Waals surface area contributed by atoms with Gasteiger partial charge in [-0.2, -0.15) is 5.26 Å². The van der Waals surface area contributed by atoms with Gasteiger partial charge >= 0.3 is 0 Å². The number of nitrogens with zero attached hydrogens (tertiary/aromatic N) is 3. The van der Waals surface area contributed by atoms with E-state index >= 15 is 0 Å². The van der Waals surface area contributed by atoms with Crippen LogP contribution in [-0.2, 0) is 4.79 Å². The van der Waals surface area contributed by atoms with E-state index < -0.39 is 5.92 Å². The molecule has 3 rings (SSSR count). The second kappa shape index (κ2) is 8.37. The van der Waals surface area contributed by atoms with E-state index in [1.807, 2.05) is 42.8 Å². The van der Waals surface area contributed by atoms with Crippen molar-refractivity contribution >= 4 is 17.1 Å². The third kappa shape index (κ3) is 4.33. The van der Waals surface area contributed by atoms with E-state index in [1.165, 1.54) is 30.6 Å². The molecule has 0 unspecified atom stereocenters. The van der Waals surface area contributed by atoms with E-state index in [0.29, 0.717) is 17.6 Å². The number of benzene rings is 1. The number of aromatic nitrogens is 1. The van der Waals surface area contributed by atoms with Crippen LogP contribution in [0.25, 0.3) is 11.3 Å². The van der Waals surface area contributed by atoms with Gasteiger partial charge in [0.15, 0.2) is 11.7 Å². The number of hydrogen-bond donors (Lipinski definition) is 0. The number of thiazole rings is 1. The molecule has 5 heteroatoms. The smallest absolute Gasteiger partial charge is 0.170 e. The van der Waals surface area contributed by atoms with Crippen molar-refractivity contribution in [2.24, 2.45) is 0 Å². The standard InChI is InChI=1S/C20H23N3OS/c1-23(16-10-6-3-7-11-16)13-19(24)17(12-21)20-22-18(14-25-20)15-8-4-2-5-9-15/h2,4-5,8-9,14,16-17H,3,6-7,10-11,13H2,1H3/t17-/m1/s1. The number of carbonyl (C=O) groups is 1. The molecule has 1 aromatic heterocycles. The van der Waals surface area contributed by atoms with E-state index in [9.17, 15) is 10.1 Å². The topological polar surface area (TPSA) is 57.0 Å². The molecule has 130 valence electrons. The molecule has 1 aliphatic carbocycles. The molecule has 0 radical (unpaired) electrons. The summed E-state index contributed by atoms with van der Waals surface area (Å²) >= 11 is 1.40. The largest absolute Gasteiger partial charge is 0.296 e. The molecule has 1 atom stereocenters. The summed E-state index contributed by atoms with van der Waals surface area (Å²) in [6.45, 7) is 0.323. The average Bonchev–Trinajstić information content (AvgIpc) is 3.13. The summed E-state index contributed by atoms with van der Waals surface area (Å²) < 4.78 is 0. The van der Waals surface area contributed by atoms with Crippen molar-refractivity contribution in [1.82, 2.24) is 9.88 Å². The first-order valence-electron chi connectivity index (χ1n) is 8.82. The quantitative estimate of drug-likeness (QED) is 0.779. The maximum absolute atomic E-state index is 12.7. The van der Waals surface area contributed by atoms with Crippen molar-refractivity contribution in [2.75, 3.05) is 13.6 Å². The molecule has 0 bridgehead atoms. The fraction of sp³-hybridized carbons (Fsp3) is 0.450. The summed E-state index contributed by atoms with van der Waals surface area (Å²) in [4.78, 5) is 19.3. The Morgan fingerprint density at radius 1 is 1.32 bits per heavy atom. The lowest BCUT2D eigenvalue weighted by molar-refractivity contribution is -0.120. The molecule has 0 spiro atoms. The molecule has 1 fully saturated rings. The van der Waals surface area contributed by atoms with Gasteiger partial charge in [0.1, 0.15) is 5.01 Å². The SMILES string of the molecule is CN(CC(=O)[C@@H](C#N)c1nc(-c2ccccc2)cs1)C1CCCCC1. The second-order valence-corrected chi connectivity index (χ2v) is 7.56. The summed E-state index contributed by atoms with van der Waals surface area (Å²) in [7, 11) is 2.00. The van der Waals surface area contributed by atoms with Gasteiger partial charge in [-0.1, -0.05) is 49.6 Å². The summed E-state index contributed by atoms with van der Waals surface area (Å²) in [5.41, 5.74) is 1.84. The zero-order valence-corrected chi connectivity index (χ0v) is 15.3. The summed E-state index contributed by atoms with van der Waals surface area (Å²) in [6, 6.07) is 12.5. The van der Waals surface area contributed by atoms with Gasteiger partial charge in [0.05, 0.1) is 18.3 Å². The van der Waals surface area contributed by atoms with Crippen LogP contribution in [0.3, 0.4) is 0 Å². The van der Waals surface area contributed by atoms with Gasteiger partial charge in [0.2, 0.25) is 0 Å². The maximum atomic E-state index is 12.7. The van der Waals surface area contributed by atoms with Crippen molar-refractivity contribution in [3.8, 4) is 17.3 Å². The number of hydrogen-bond acceptors (Lipinski definition) is 5. The van der Waals surface area contributed by atoms with Gasteiger partial charge < -0.3 is 0 Å². The van der Waals surface area contributed by atoms with Crippen LogP contribution in [0.1, 0.15) is 43.0 Å². The lowest BCUT2D eigenvalue weighted by Gasteiger charge is -2.30. The highest BCUT2D eigenvalue weighted by molar-refractivity contribution is 7.10. The fourth-order valence-electron chi connectivity index (χ4n) is 3.41. The second-order valence-electron chi connectivity index (χ2n) is 6.67. The normalized spacial score (nSPS) is 16.5. The Morgan fingerprint density at radius 3 is 2.72 bits per heavy atom. The Balaban J connectivity index is 1.68. The zero-order valence-electron chi connectivity index (χ0n) is 14.5. The van der Waals surface area contributed by atoms with Crippen molar-refractivity contribution in [2.45, 2.75) is 44.1 Å². The predicted octanol–water partition coefficient (Wildman–Crippen LogP) is 4.25. The Morgan fingerprint density at radius 2 is 2.04 bits per heavy atom. The monoisotopic (exact) mass is 353 g/mol. The van der Waals surface area contributed by atoms with Gasteiger partial charge in [-0.25, -0.2) is 4.98 Å². The lowest BCUT2D eigenvalue weighted by Crippen LogP contribution is -2.38. The highest BCUT2D eigenvalue weighted by Crippen LogP contribution is 2.28. The summed E-state index contributed by atoms with van der Waals surface area (Å²) in [5.74, 6) is -0.821. The van der Waals surface area contributed by atoms with Crippen LogP contribution in [0.5, 0.6) is 0 Å². The summed E-state index contributed by atoms with van der Waals surface area (Å²) in [5, 5.41) is 12.1. The minimum atomic E-state index is -0.770. The fourth-order valence-corrected chi connectivity index (χ4v) is 4.31. The van der Waals surface area contributed by atoms with E-state index in [0.717, 1.165) is 24.1 Å². The molecule has 0 aliphatic heterocycles. The molecule has 0 amide bonds. The number of nitriles is 1. The van der Waals surface area contributed by atoms with Crippen LogP contribution in [0.2, 0.25) is 0 Å². The third-order valence-electron chi connectivity index (χ3n) is 4.89. The zero-order chi connectivity index (χ0) is 17.6. The first-order chi connectivity index (χ1) is 12.2. The van der Waals surface area contributed by atoms with Gasteiger partial charge in [-0.3, -0.25) is 9.69 Å². The van der Waals surface area contributed by atoms with Crippen LogP contribution in [0.4, 0.5) is 0 Å². The van der Waals surface area contributed by atoms with Crippen LogP contribution in [-0.4, -0.2) is 35.3 Å². The highest BCUT2D eigenvalue weighted by Gasteiger charge is 2.27. The molecular formula is C20H23N3OS. The molecule has 25 heavy (non-hydrogen) atoms. The minimum Gasteiger partial charge on any atom is -0.296 e. The summed E-state index contributed by atoms with van der Waals surface area (Å²) in [6.07, 6.45) is 6.06. The third-order valence-corrected chi connectivity index (χ3v) is 5.80. The van der Waals surface area contributed by atoms with Crippen molar-refractivity contribution in [1.29, 1.82) is 5.26 Å². The van der Waals surface area contributed by atoms with Crippen LogP contribution >= 0.6 is 11.3 Å². The minimum absolute atomic E-state index is 0.0514. The van der Waals surface area contributed by atoms with E-state index in [2.05, 4.69) is 16.0 Å². The lowest BCUT2D eigenvalue weighted by atomic mass is 9.94. The Hall–Kier alpha value is -2.03. The number of carbonyl (C=O) groups excluding carboxylic acids is 1. The Bertz CT molecular complexity index is 744. The van der Waals surface area contributed by atoms with Crippen molar-refractivity contribution < 1.29 is 4.79 Å². The van der Waals surface area contributed by atoms with E-state index in [1.54, 1.807) is 0 Å². The molecule has 2 aromatic rings. The van der Waals surface area contributed by atoms with Gasteiger partial charge in [0, 0.05) is 17.0 Å². The van der Waals surface area contributed by atoms with Gasteiger partial charge in [0.25, 0.3) is 0 Å². The molecular weight excluding hydrogens is 330 g/mol. The van der Waals surface area contributed by atoms with Crippen molar-refractivity contribution in [3.63, 3.8) is 0 Å². The number of Topliss-reactive ketones (excluding diaryl/α,β-unsaturated/α-hetero) is 1.